The molecule has 3 aliphatic rings. The van der Waals surface area contributed by atoms with E-state index in [4.69, 9.17) is 0 Å². The number of fused-ring (bicyclic) bond motifs is 3. The summed E-state index contributed by atoms with van der Waals surface area (Å²) in [6, 6.07) is 0. The van der Waals surface area contributed by atoms with Crippen molar-refractivity contribution in [2.45, 2.75) is 65.7 Å². The molecule has 122 valence electrons. The van der Waals surface area contributed by atoms with Crippen molar-refractivity contribution in [1.82, 2.24) is 0 Å². The first kappa shape index (κ1) is 15.8. The van der Waals surface area contributed by atoms with E-state index in [1.54, 1.807) is 5.57 Å². The lowest BCUT2D eigenvalue weighted by Crippen LogP contribution is -2.52. The van der Waals surface area contributed by atoms with Crippen LogP contribution in [0.1, 0.15) is 65.7 Å². The van der Waals surface area contributed by atoms with Crippen molar-refractivity contribution >= 4 is 5.97 Å². The van der Waals surface area contributed by atoms with Gasteiger partial charge in [-0.2, -0.15) is 0 Å². The molecule has 0 spiro atoms. The van der Waals surface area contributed by atoms with E-state index < -0.39 is 11.4 Å². The van der Waals surface area contributed by atoms with Crippen LogP contribution < -0.4 is 0 Å². The lowest BCUT2D eigenvalue weighted by Gasteiger charge is -2.58. The molecular formula is C20H30O2. The molecule has 0 bridgehead atoms. The lowest BCUT2D eigenvalue weighted by atomic mass is 9.46. The largest absolute Gasteiger partial charge is 0.481 e. The van der Waals surface area contributed by atoms with Gasteiger partial charge in [-0.1, -0.05) is 38.0 Å². The van der Waals surface area contributed by atoms with Crippen LogP contribution in [0.3, 0.4) is 0 Å². The first-order valence-electron chi connectivity index (χ1n) is 8.83. The topological polar surface area (TPSA) is 37.3 Å². The van der Waals surface area contributed by atoms with E-state index in [2.05, 4.69) is 32.6 Å². The average Bonchev–Trinajstić information content (AvgIpc) is 2.46. The Hall–Kier alpha value is -1.05. The highest BCUT2D eigenvalue weighted by Gasteiger charge is 2.57. The normalized spacial score (nSPS) is 47.9. The molecule has 2 saturated carbocycles. The molecule has 2 heteroatoms. The second-order valence-corrected chi connectivity index (χ2v) is 8.75. The number of carbonyl (C=O) groups is 1. The van der Waals surface area contributed by atoms with Crippen LogP contribution in [0.15, 0.2) is 24.3 Å². The van der Waals surface area contributed by atoms with E-state index in [9.17, 15) is 9.90 Å². The van der Waals surface area contributed by atoms with Gasteiger partial charge in [0.1, 0.15) is 0 Å². The second-order valence-electron chi connectivity index (χ2n) is 8.75. The van der Waals surface area contributed by atoms with E-state index in [0.717, 1.165) is 38.5 Å². The summed E-state index contributed by atoms with van der Waals surface area (Å²) in [7, 11) is 0. The highest BCUT2D eigenvalue weighted by molar-refractivity contribution is 5.75. The van der Waals surface area contributed by atoms with Gasteiger partial charge >= 0.3 is 5.97 Å². The molecule has 22 heavy (non-hydrogen) atoms. The summed E-state index contributed by atoms with van der Waals surface area (Å²) in [5, 5.41) is 9.84. The predicted molar refractivity (Wildman–Crippen MR) is 89.5 cm³/mol. The lowest BCUT2D eigenvalue weighted by molar-refractivity contribution is -0.160. The summed E-state index contributed by atoms with van der Waals surface area (Å²) >= 11 is 0. The van der Waals surface area contributed by atoms with Gasteiger partial charge in [0.2, 0.25) is 0 Å². The molecule has 3 aliphatic carbocycles. The van der Waals surface area contributed by atoms with Crippen molar-refractivity contribution in [2.24, 2.45) is 28.1 Å². The Morgan fingerprint density at radius 1 is 1.32 bits per heavy atom. The molecule has 0 amide bonds. The fourth-order valence-electron chi connectivity index (χ4n) is 5.87. The molecule has 0 aliphatic heterocycles. The van der Waals surface area contributed by atoms with Gasteiger partial charge < -0.3 is 5.11 Å². The fraction of sp³-hybridized carbons (Fsp3) is 0.750. The SMILES string of the molecule is C=C[C@]1(C)CC=C2[C@@H](CC[C@H]3[C@@](C)(C(=O)O)CCC[C@]23C)C1. The van der Waals surface area contributed by atoms with Crippen LogP contribution >= 0.6 is 0 Å². The zero-order chi connectivity index (χ0) is 16.2. The molecule has 0 aromatic heterocycles. The quantitative estimate of drug-likeness (QED) is 0.711. The Kier molecular flexibility index (Phi) is 3.58. The first-order valence-corrected chi connectivity index (χ1v) is 8.83. The number of aliphatic carboxylic acids is 1. The monoisotopic (exact) mass is 302 g/mol. The number of hydrogen-bond acceptors (Lipinski definition) is 1. The van der Waals surface area contributed by atoms with Crippen LogP contribution in [0.4, 0.5) is 0 Å². The minimum Gasteiger partial charge on any atom is -0.481 e. The smallest absolute Gasteiger partial charge is 0.309 e. The average molecular weight is 302 g/mol. The van der Waals surface area contributed by atoms with Crippen LogP contribution in [0.2, 0.25) is 0 Å². The molecule has 0 aromatic rings. The van der Waals surface area contributed by atoms with E-state index in [-0.39, 0.29) is 10.8 Å². The van der Waals surface area contributed by atoms with Crippen molar-refractivity contribution in [2.75, 3.05) is 0 Å². The van der Waals surface area contributed by atoms with Gasteiger partial charge in [0.15, 0.2) is 0 Å². The van der Waals surface area contributed by atoms with Crippen molar-refractivity contribution in [3.8, 4) is 0 Å². The summed E-state index contributed by atoms with van der Waals surface area (Å²) < 4.78 is 0. The fourth-order valence-corrected chi connectivity index (χ4v) is 5.87. The maximum absolute atomic E-state index is 11.9. The Bertz CT molecular complexity index is 534. The summed E-state index contributed by atoms with van der Waals surface area (Å²) in [5.41, 5.74) is 1.35. The van der Waals surface area contributed by atoms with E-state index in [1.165, 1.54) is 6.42 Å². The summed E-state index contributed by atoms with van der Waals surface area (Å²) in [6.07, 6.45) is 12.1. The molecular weight excluding hydrogens is 272 g/mol. The van der Waals surface area contributed by atoms with Gasteiger partial charge in [-0.05, 0) is 68.1 Å². The first-order chi connectivity index (χ1) is 10.3. The molecule has 0 saturated heterocycles. The Morgan fingerprint density at radius 2 is 2.05 bits per heavy atom. The predicted octanol–water partition coefficient (Wildman–Crippen LogP) is 5.21. The van der Waals surface area contributed by atoms with Crippen LogP contribution in [0.5, 0.6) is 0 Å². The third-order valence-corrected chi connectivity index (χ3v) is 7.32. The van der Waals surface area contributed by atoms with Gasteiger partial charge in [0, 0.05) is 0 Å². The minimum absolute atomic E-state index is 0.0941. The summed E-state index contributed by atoms with van der Waals surface area (Å²) in [4.78, 5) is 11.9. The number of allylic oxidation sites excluding steroid dienone is 3. The summed E-state index contributed by atoms with van der Waals surface area (Å²) in [6.45, 7) is 10.7. The van der Waals surface area contributed by atoms with Gasteiger partial charge in [-0.3, -0.25) is 4.79 Å². The maximum Gasteiger partial charge on any atom is 0.309 e. The van der Waals surface area contributed by atoms with Crippen LogP contribution in [0, 0.1) is 28.1 Å². The van der Waals surface area contributed by atoms with Gasteiger partial charge in [0.05, 0.1) is 5.41 Å². The third kappa shape index (κ3) is 2.10. The highest BCUT2D eigenvalue weighted by atomic mass is 16.4. The molecule has 1 N–H and O–H groups in total. The van der Waals surface area contributed by atoms with E-state index >= 15 is 0 Å². The van der Waals surface area contributed by atoms with Gasteiger partial charge in [0.25, 0.3) is 0 Å². The highest BCUT2D eigenvalue weighted by Crippen LogP contribution is 2.63. The zero-order valence-electron chi connectivity index (χ0n) is 14.3. The second kappa shape index (κ2) is 4.97. The van der Waals surface area contributed by atoms with E-state index in [0.29, 0.717) is 11.8 Å². The molecule has 0 radical (unpaired) electrons. The van der Waals surface area contributed by atoms with E-state index in [1.807, 2.05) is 6.92 Å². The molecule has 3 rings (SSSR count). The Labute approximate surface area is 134 Å². The zero-order valence-corrected chi connectivity index (χ0v) is 14.3. The van der Waals surface area contributed by atoms with Crippen molar-refractivity contribution < 1.29 is 9.90 Å². The van der Waals surface area contributed by atoms with Crippen LogP contribution in [0.25, 0.3) is 0 Å². The Morgan fingerprint density at radius 3 is 2.68 bits per heavy atom. The van der Waals surface area contributed by atoms with Crippen LogP contribution in [-0.2, 0) is 4.79 Å². The number of carboxylic acid groups (broad SMARTS) is 1. The van der Waals surface area contributed by atoms with Gasteiger partial charge in [-0.15, -0.1) is 6.58 Å². The standard InChI is InChI=1S/C20H30O2/c1-5-18(2)12-9-15-14(13-18)7-8-16-19(15,3)10-6-11-20(16,4)17(21)22/h5,9,14,16H,1,6-8,10-13H2,2-4H3,(H,21,22)/t14-,16+,18+,19+,20-/m0/s1. The minimum atomic E-state index is -0.589. The summed E-state index contributed by atoms with van der Waals surface area (Å²) in [5.74, 6) is 0.338. The Balaban J connectivity index is 1.99. The molecule has 2 nitrogen and oxygen atoms in total. The molecule has 0 aromatic carbocycles. The van der Waals surface area contributed by atoms with Crippen molar-refractivity contribution in [3.05, 3.63) is 24.3 Å². The van der Waals surface area contributed by atoms with Gasteiger partial charge in [-0.25, -0.2) is 0 Å². The molecule has 5 atom stereocenters. The maximum atomic E-state index is 11.9. The number of carboxylic acids is 1. The third-order valence-electron chi connectivity index (χ3n) is 7.32. The van der Waals surface area contributed by atoms with Crippen LogP contribution in [-0.4, -0.2) is 11.1 Å². The number of hydrogen-bond donors (Lipinski definition) is 1. The molecule has 0 heterocycles. The van der Waals surface area contributed by atoms with Crippen molar-refractivity contribution in [1.29, 1.82) is 0 Å². The number of rotatable bonds is 2. The molecule has 2 fully saturated rings. The molecule has 0 unspecified atom stereocenters. The van der Waals surface area contributed by atoms with Crippen molar-refractivity contribution in [3.63, 3.8) is 0 Å².